The van der Waals surface area contributed by atoms with E-state index in [1.54, 1.807) is 19.4 Å². The number of methoxy groups -OCH3 is 1. The third kappa shape index (κ3) is 3.40. The van der Waals surface area contributed by atoms with Gasteiger partial charge in [0.1, 0.15) is 9.77 Å². The molecule has 0 radical (unpaired) electrons. The number of nitrogens with zero attached hydrogens (tertiary/aromatic N) is 1. The number of rotatable bonds is 4. The van der Waals surface area contributed by atoms with Crippen LogP contribution in [0.4, 0.5) is 0 Å². The molecule has 1 unspecified atom stereocenters. The smallest absolute Gasteiger partial charge is 0.349 e. The Morgan fingerprint density at radius 2 is 2.19 bits per heavy atom. The van der Waals surface area contributed by atoms with Gasteiger partial charge in [-0.25, -0.2) is 13.2 Å². The van der Waals surface area contributed by atoms with Crippen molar-refractivity contribution in [1.82, 2.24) is 9.62 Å². The van der Waals surface area contributed by atoms with E-state index in [1.165, 1.54) is 11.4 Å². The van der Waals surface area contributed by atoms with Crippen LogP contribution in [-0.2, 0) is 14.8 Å². The predicted molar refractivity (Wildman–Crippen MR) is 83.9 cm³/mol. The maximum Gasteiger partial charge on any atom is 0.349 e. The van der Waals surface area contributed by atoms with Crippen molar-refractivity contribution in [3.63, 3.8) is 0 Å². The standard InChI is InChI=1S/C12H18N2O4S2.ClH/c1-8-7-19-10(12(15)18-3)11(8)20(16,17)14(2)9-4-5-13-6-9;/h7,9,13H,4-6H2,1-3H3;1H. The zero-order valence-corrected chi connectivity index (χ0v) is 14.5. The highest BCUT2D eigenvalue weighted by molar-refractivity contribution is 7.89. The van der Waals surface area contributed by atoms with E-state index in [9.17, 15) is 13.2 Å². The molecule has 1 fully saturated rings. The van der Waals surface area contributed by atoms with Crippen molar-refractivity contribution in [3.05, 3.63) is 15.8 Å². The number of nitrogens with one attached hydrogen (secondary N) is 1. The Labute approximate surface area is 134 Å². The summed E-state index contributed by atoms with van der Waals surface area (Å²) in [5.74, 6) is -0.611. The first-order valence-electron chi connectivity index (χ1n) is 6.24. The number of halogens is 1. The molecule has 0 spiro atoms. The molecule has 1 N–H and O–H groups in total. The van der Waals surface area contributed by atoms with Crippen molar-refractivity contribution in [2.45, 2.75) is 24.3 Å². The lowest BCUT2D eigenvalue weighted by Gasteiger charge is -2.23. The van der Waals surface area contributed by atoms with Crippen LogP contribution in [-0.4, -0.2) is 52.0 Å². The van der Waals surface area contributed by atoms with Crippen LogP contribution in [0.1, 0.15) is 21.7 Å². The molecule has 1 aliphatic heterocycles. The highest BCUT2D eigenvalue weighted by Gasteiger charge is 2.35. The molecule has 0 aromatic carbocycles. The van der Waals surface area contributed by atoms with Crippen molar-refractivity contribution >= 4 is 39.7 Å². The molecule has 21 heavy (non-hydrogen) atoms. The zero-order chi connectivity index (χ0) is 14.9. The van der Waals surface area contributed by atoms with E-state index in [4.69, 9.17) is 0 Å². The number of aryl methyl sites for hydroxylation is 1. The Morgan fingerprint density at radius 1 is 1.52 bits per heavy atom. The summed E-state index contributed by atoms with van der Waals surface area (Å²) >= 11 is 1.10. The largest absolute Gasteiger partial charge is 0.465 e. The third-order valence-corrected chi connectivity index (χ3v) is 6.78. The number of ether oxygens (including phenoxy) is 1. The first-order chi connectivity index (χ1) is 9.39. The highest BCUT2D eigenvalue weighted by Crippen LogP contribution is 2.31. The normalized spacial score (nSPS) is 18.6. The lowest BCUT2D eigenvalue weighted by atomic mass is 10.3. The molecule has 0 aliphatic carbocycles. The second-order valence-corrected chi connectivity index (χ2v) is 7.55. The number of carbonyl (C=O) groups is 1. The third-order valence-electron chi connectivity index (χ3n) is 3.47. The molecule has 0 bridgehead atoms. The fourth-order valence-corrected chi connectivity index (χ4v) is 5.32. The van der Waals surface area contributed by atoms with Gasteiger partial charge in [-0.15, -0.1) is 23.7 Å². The maximum absolute atomic E-state index is 12.7. The van der Waals surface area contributed by atoms with E-state index in [0.717, 1.165) is 24.3 Å². The van der Waals surface area contributed by atoms with Crippen LogP contribution >= 0.6 is 23.7 Å². The van der Waals surface area contributed by atoms with Crippen molar-refractivity contribution in [3.8, 4) is 0 Å². The number of carbonyl (C=O) groups excluding carboxylic acids is 1. The molecule has 6 nitrogen and oxygen atoms in total. The van der Waals surface area contributed by atoms with E-state index in [1.807, 2.05) is 0 Å². The minimum absolute atomic E-state index is 0. The summed E-state index contributed by atoms with van der Waals surface area (Å²) < 4.78 is 31.5. The molecular formula is C12H19ClN2O4S2. The molecular weight excluding hydrogens is 336 g/mol. The van der Waals surface area contributed by atoms with Gasteiger partial charge in [-0.1, -0.05) is 0 Å². The van der Waals surface area contributed by atoms with E-state index in [-0.39, 0.29) is 28.2 Å². The van der Waals surface area contributed by atoms with Gasteiger partial charge in [0.15, 0.2) is 0 Å². The zero-order valence-electron chi connectivity index (χ0n) is 12.1. The van der Waals surface area contributed by atoms with Crippen molar-refractivity contribution in [1.29, 1.82) is 0 Å². The van der Waals surface area contributed by atoms with Crippen LogP contribution in [0.3, 0.4) is 0 Å². The summed E-state index contributed by atoms with van der Waals surface area (Å²) in [6.45, 7) is 3.13. The van der Waals surface area contributed by atoms with E-state index in [0.29, 0.717) is 12.1 Å². The van der Waals surface area contributed by atoms with Crippen molar-refractivity contribution in [2.75, 3.05) is 27.2 Å². The van der Waals surface area contributed by atoms with Gasteiger partial charge in [-0.3, -0.25) is 0 Å². The molecule has 1 aromatic heterocycles. The Bertz CT molecular complexity index is 609. The molecule has 1 aromatic rings. The van der Waals surface area contributed by atoms with Crippen LogP contribution in [0.5, 0.6) is 0 Å². The van der Waals surface area contributed by atoms with Gasteiger partial charge in [0.05, 0.1) is 7.11 Å². The highest BCUT2D eigenvalue weighted by atomic mass is 35.5. The maximum atomic E-state index is 12.7. The first-order valence-corrected chi connectivity index (χ1v) is 8.56. The number of esters is 1. The van der Waals surface area contributed by atoms with Gasteiger partial charge >= 0.3 is 5.97 Å². The molecule has 1 saturated heterocycles. The number of hydrogen-bond acceptors (Lipinski definition) is 6. The Hall–Kier alpha value is -0.670. The SMILES string of the molecule is COC(=O)c1scc(C)c1S(=O)(=O)N(C)C1CCNC1.Cl. The van der Waals surface area contributed by atoms with Crippen LogP contribution in [0.15, 0.2) is 10.3 Å². The van der Waals surface area contributed by atoms with Crippen LogP contribution in [0, 0.1) is 6.92 Å². The molecule has 2 heterocycles. The fraction of sp³-hybridized carbons (Fsp3) is 0.583. The second kappa shape index (κ2) is 7.06. The van der Waals surface area contributed by atoms with Crippen molar-refractivity contribution < 1.29 is 17.9 Å². The van der Waals surface area contributed by atoms with E-state index in [2.05, 4.69) is 10.1 Å². The summed E-state index contributed by atoms with van der Waals surface area (Å²) in [5, 5.41) is 4.81. The molecule has 2 rings (SSSR count). The summed E-state index contributed by atoms with van der Waals surface area (Å²) in [6.07, 6.45) is 0.770. The summed E-state index contributed by atoms with van der Waals surface area (Å²) in [4.78, 5) is 11.9. The van der Waals surface area contributed by atoms with Crippen LogP contribution < -0.4 is 5.32 Å². The van der Waals surface area contributed by atoms with Crippen LogP contribution in [0.2, 0.25) is 0 Å². The van der Waals surface area contributed by atoms with Gasteiger partial charge < -0.3 is 10.1 Å². The van der Waals surface area contributed by atoms with Gasteiger partial charge in [-0.2, -0.15) is 4.31 Å². The number of likely N-dealkylation sites (N-methyl/N-ethyl adjacent to an activating group) is 1. The number of hydrogen-bond donors (Lipinski definition) is 1. The molecule has 0 amide bonds. The van der Waals surface area contributed by atoms with Crippen LogP contribution in [0.25, 0.3) is 0 Å². The lowest BCUT2D eigenvalue weighted by Crippen LogP contribution is -2.38. The monoisotopic (exact) mass is 354 g/mol. The minimum atomic E-state index is -3.69. The predicted octanol–water partition coefficient (Wildman–Crippen LogP) is 1.25. The average Bonchev–Trinajstić information content (AvgIpc) is 3.05. The summed E-state index contributed by atoms with van der Waals surface area (Å²) in [7, 11) is -0.884. The van der Waals surface area contributed by atoms with Gasteiger partial charge in [0.25, 0.3) is 0 Å². The lowest BCUT2D eigenvalue weighted by molar-refractivity contribution is 0.0602. The topological polar surface area (TPSA) is 75.7 Å². The van der Waals surface area contributed by atoms with E-state index < -0.39 is 16.0 Å². The summed E-state index contributed by atoms with van der Waals surface area (Å²) in [6, 6.07) is -0.0789. The Morgan fingerprint density at radius 3 is 2.71 bits per heavy atom. The summed E-state index contributed by atoms with van der Waals surface area (Å²) in [5.41, 5.74) is 0.577. The molecule has 120 valence electrons. The number of thiophene rings is 1. The Kier molecular flexibility index (Phi) is 6.18. The van der Waals surface area contributed by atoms with Gasteiger partial charge in [-0.05, 0) is 30.8 Å². The molecule has 1 aliphatic rings. The fourth-order valence-electron chi connectivity index (χ4n) is 2.28. The van der Waals surface area contributed by atoms with Crippen molar-refractivity contribution in [2.24, 2.45) is 0 Å². The molecule has 1 atom stereocenters. The van der Waals surface area contributed by atoms with Gasteiger partial charge in [0, 0.05) is 19.6 Å². The number of sulfonamides is 1. The quantitative estimate of drug-likeness (QED) is 0.823. The minimum Gasteiger partial charge on any atom is -0.465 e. The Balaban J connectivity index is 0.00000220. The average molecular weight is 355 g/mol. The molecule has 9 heteroatoms. The van der Waals surface area contributed by atoms with E-state index >= 15 is 0 Å². The first kappa shape index (κ1) is 18.4. The second-order valence-electron chi connectivity index (χ2n) is 4.74. The van der Waals surface area contributed by atoms with Gasteiger partial charge in [0.2, 0.25) is 10.0 Å². The molecule has 0 saturated carbocycles.